The van der Waals surface area contributed by atoms with Gasteiger partial charge in [-0.15, -0.1) is 0 Å². The number of hydrogen-bond acceptors (Lipinski definition) is 6. The molecule has 1 aromatic carbocycles. The predicted molar refractivity (Wildman–Crippen MR) is 73.6 cm³/mol. The molecule has 1 aliphatic rings. The molecule has 0 spiro atoms. The first-order chi connectivity index (χ1) is 9.86. The largest absolute Gasteiger partial charge is 0.497 e. The van der Waals surface area contributed by atoms with Crippen LogP contribution in [0.15, 0.2) is 23.1 Å². The van der Waals surface area contributed by atoms with Crippen molar-refractivity contribution in [1.82, 2.24) is 4.31 Å². The number of nitrogens with zero attached hydrogens (tertiary/aromatic N) is 2. The summed E-state index contributed by atoms with van der Waals surface area (Å²) in [6.07, 6.45) is 0.120. The Morgan fingerprint density at radius 3 is 2.52 bits per heavy atom. The van der Waals surface area contributed by atoms with Crippen molar-refractivity contribution in [1.29, 1.82) is 0 Å². The molecule has 0 radical (unpaired) electrons. The minimum absolute atomic E-state index is 0.146. The lowest BCUT2D eigenvalue weighted by atomic mass is 10.1. The summed E-state index contributed by atoms with van der Waals surface area (Å²) >= 11 is 0. The number of ether oxygens (including phenoxy) is 1. The molecule has 1 saturated heterocycles. The van der Waals surface area contributed by atoms with Crippen molar-refractivity contribution in [3.05, 3.63) is 28.3 Å². The molecule has 2 rings (SSSR count). The second kappa shape index (κ2) is 5.96. The Bertz CT molecular complexity index is 637. The number of sulfonamides is 1. The topological polar surface area (TPSA) is 110 Å². The summed E-state index contributed by atoms with van der Waals surface area (Å²) in [5.41, 5.74) is -0.513. The minimum Gasteiger partial charge on any atom is -0.497 e. The number of hydrogen-bond donors (Lipinski definition) is 1. The van der Waals surface area contributed by atoms with Crippen molar-refractivity contribution in [3.8, 4) is 5.75 Å². The van der Waals surface area contributed by atoms with Crippen LogP contribution >= 0.6 is 0 Å². The van der Waals surface area contributed by atoms with Gasteiger partial charge in [0.1, 0.15) is 5.75 Å². The van der Waals surface area contributed by atoms with Crippen LogP contribution in [0.2, 0.25) is 0 Å². The highest BCUT2D eigenvalue weighted by Gasteiger charge is 2.34. The lowest BCUT2D eigenvalue weighted by molar-refractivity contribution is -0.387. The Balaban J connectivity index is 2.42. The number of methoxy groups -OCH3 is 1. The first-order valence-corrected chi connectivity index (χ1v) is 7.81. The van der Waals surface area contributed by atoms with Gasteiger partial charge in [-0.1, -0.05) is 0 Å². The van der Waals surface area contributed by atoms with E-state index in [0.29, 0.717) is 12.8 Å². The highest BCUT2D eigenvalue weighted by molar-refractivity contribution is 7.89. The van der Waals surface area contributed by atoms with Crippen LogP contribution in [0.25, 0.3) is 0 Å². The Labute approximate surface area is 122 Å². The van der Waals surface area contributed by atoms with E-state index in [9.17, 15) is 23.6 Å². The molecule has 21 heavy (non-hydrogen) atoms. The fourth-order valence-corrected chi connectivity index (χ4v) is 3.81. The summed E-state index contributed by atoms with van der Waals surface area (Å²) in [5, 5.41) is 20.5. The van der Waals surface area contributed by atoms with Crippen molar-refractivity contribution >= 4 is 15.7 Å². The number of aliphatic hydroxyl groups is 1. The average molecular weight is 316 g/mol. The monoisotopic (exact) mass is 316 g/mol. The molecule has 0 atom stereocenters. The predicted octanol–water partition coefficient (Wildman–Crippen LogP) is 0.749. The molecule has 0 bridgehead atoms. The molecule has 0 aromatic heterocycles. The van der Waals surface area contributed by atoms with E-state index in [0.717, 1.165) is 10.4 Å². The van der Waals surface area contributed by atoms with Crippen molar-refractivity contribution in [2.75, 3.05) is 20.2 Å². The van der Waals surface area contributed by atoms with Crippen LogP contribution in [0.4, 0.5) is 5.69 Å². The quantitative estimate of drug-likeness (QED) is 0.648. The van der Waals surface area contributed by atoms with Crippen LogP contribution in [0.5, 0.6) is 5.75 Å². The number of nitro groups is 1. The Kier molecular flexibility index (Phi) is 4.45. The molecule has 8 nitrogen and oxygen atoms in total. The van der Waals surface area contributed by atoms with Crippen molar-refractivity contribution in [2.45, 2.75) is 23.8 Å². The van der Waals surface area contributed by atoms with Crippen LogP contribution in [0.3, 0.4) is 0 Å². The molecule has 9 heteroatoms. The number of piperidine rings is 1. The summed E-state index contributed by atoms with van der Waals surface area (Å²) in [7, 11) is -2.61. The van der Waals surface area contributed by atoms with E-state index in [1.165, 1.54) is 19.2 Å². The molecular weight excluding hydrogens is 300 g/mol. The van der Waals surface area contributed by atoms with Gasteiger partial charge in [-0.3, -0.25) is 10.1 Å². The Hall–Kier alpha value is -1.71. The van der Waals surface area contributed by atoms with Gasteiger partial charge >= 0.3 is 0 Å². The summed E-state index contributed by atoms with van der Waals surface area (Å²) in [4.78, 5) is 10.00. The molecule has 1 heterocycles. The van der Waals surface area contributed by atoms with Crippen LogP contribution in [0, 0.1) is 10.1 Å². The van der Waals surface area contributed by atoms with E-state index in [-0.39, 0.29) is 23.7 Å². The van der Waals surface area contributed by atoms with Crippen molar-refractivity contribution in [3.63, 3.8) is 0 Å². The smallest absolute Gasteiger partial charge is 0.293 e. The number of benzene rings is 1. The molecule has 1 fully saturated rings. The zero-order valence-corrected chi connectivity index (χ0v) is 12.2. The summed E-state index contributed by atoms with van der Waals surface area (Å²) in [6, 6.07) is 3.64. The fourth-order valence-electron chi connectivity index (χ4n) is 2.21. The van der Waals surface area contributed by atoms with Gasteiger partial charge in [-0.2, -0.15) is 4.31 Å². The van der Waals surface area contributed by atoms with Crippen LogP contribution in [-0.4, -0.2) is 49.1 Å². The molecule has 0 unspecified atom stereocenters. The van der Waals surface area contributed by atoms with Crippen molar-refractivity contribution < 1.29 is 23.2 Å². The van der Waals surface area contributed by atoms with E-state index >= 15 is 0 Å². The van der Waals surface area contributed by atoms with Gasteiger partial charge in [0.05, 0.1) is 24.2 Å². The summed E-state index contributed by atoms with van der Waals surface area (Å²) in [6.45, 7) is 0.291. The van der Waals surface area contributed by atoms with Gasteiger partial charge in [0, 0.05) is 13.1 Å². The second-order valence-corrected chi connectivity index (χ2v) is 6.63. The van der Waals surface area contributed by atoms with E-state index in [1.54, 1.807) is 0 Å². The van der Waals surface area contributed by atoms with Crippen LogP contribution in [-0.2, 0) is 10.0 Å². The lowest BCUT2D eigenvalue weighted by Crippen LogP contribution is -2.40. The van der Waals surface area contributed by atoms with Gasteiger partial charge in [0.25, 0.3) is 5.69 Å². The normalized spacial score (nSPS) is 17.6. The molecule has 116 valence electrons. The maximum absolute atomic E-state index is 12.5. The average Bonchev–Trinajstić information content (AvgIpc) is 2.47. The van der Waals surface area contributed by atoms with Gasteiger partial charge < -0.3 is 9.84 Å². The lowest BCUT2D eigenvalue weighted by Gasteiger charge is -2.28. The van der Waals surface area contributed by atoms with Gasteiger partial charge in [0.2, 0.25) is 10.0 Å². The fraction of sp³-hybridized carbons (Fsp3) is 0.500. The highest BCUT2D eigenvalue weighted by atomic mass is 32.2. The van der Waals surface area contributed by atoms with Gasteiger partial charge in [0.15, 0.2) is 4.90 Å². The number of aliphatic hydroxyl groups excluding tert-OH is 1. The molecule has 0 aliphatic carbocycles. The standard InChI is InChI=1S/C12H16N2O6S/c1-20-10-2-3-12(11(8-10)14(16)17)21(18,19)13-6-4-9(15)5-7-13/h2-3,8-9,15H,4-7H2,1H3. The van der Waals surface area contributed by atoms with Gasteiger partial charge in [-0.25, -0.2) is 8.42 Å². The summed E-state index contributed by atoms with van der Waals surface area (Å²) in [5.74, 6) is 0.217. The van der Waals surface area contributed by atoms with E-state index in [1.807, 2.05) is 0 Å². The zero-order chi connectivity index (χ0) is 15.6. The molecule has 1 N–H and O–H groups in total. The molecular formula is C12H16N2O6S. The second-order valence-electron chi connectivity index (χ2n) is 4.73. The third-order valence-electron chi connectivity index (χ3n) is 3.40. The third kappa shape index (κ3) is 3.14. The highest BCUT2D eigenvalue weighted by Crippen LogP contribution is 2.31. The molecule has 0 saturated carbocycles. The Morgan fingerprint density at radius 2 is 2.00 bits per heavy atom. The first kappa shape index (κ1) is 15.7. The maximum atomic E-state index is 12.5. The minimum atomic E-state index is -3.96. The third-order valence-corrected chi connectivity index (χ3v) is 5.35. The maximum Gasteiger partial charge on any atom is 0.293 e. The van der Waals surface area contributed by atoms with Crippen LogP contribution < -0.4 is 4.74 Å². The SMILES string of the molecule is COc1ccc(S(=O)(=O)N2CCC(O)CC2)c([N+](=O)[O-])c1. The van der Waals surface area contributed by atoms with E-state index in [2.05, 4.69) is 0 Å². The van der Waals surface area contributed by atoms with E-state index in [4.69, 9.17) is 4.74 Å². The molecule has 0 amide bonds. The summed E-state index contributed by atoms with van der Waals surface area (Å²) < 4.78 is 31.1. The zero-order valence-electron chi connectivity index (χ0n) is 11.4. The van der Waals surface area contributed by atoms with E-state index < -0.39 is 26.7 Å². The first-order valence-electron chi connectivity index (χ1n) is 6.37. The Morgan fingerprint density at radius 1 is 1.38 bits per heavy atom. The molecule has 1 aromatic rings. The van der Waals surface area contributed by atoms with Crippen LogP contribution in [0.1, 0.15) is 12.8 Å². The number of nitro benzene ring substituents is 1. The van der Waals surface area contributed by atoms with Gasteiger partial charge in [-0.05, 0) is 25.0 Å². The van der Waals surface area contributed by atoms with Crippen molar-refractivity contribution in [2.24, 2.45) is 0 Å². The molecule has 1 aliphatic heterocycles. The number of rotatable bonds is 4.